The number of esters is 2. The summed E-state index contributed by atoms with van der Waals surface area (Å²) in [5.41, 5.74) is -0.825. The van der Waals surface area contributed by atoms with E-state index in [1.807, 2.05) is 13.8 Å². The van der Waals surface area contributed by atoms with Gasteiger partial charge in [-0.25, -0.2) is 0 Å². The molecule has 0 amide bonds. The lowest BCUT2D eigenvalue weighted by molar-refractivity contribution is -0.251. The summed E-state index contributed by atoms with van der Waals surface area (Å²) >= 11 is 0. The van der Waals surface area contributed by atoms with Crippen LogP contribution in [-0.4, -0.2) is 46.6 Å². The molecule has 0 radical (unpaired) electrons. The van der Waals surface area contributed by atoms with Gasteiger partial charge in [-0.1, -0.05) is 34.6 Å². The van der Waals surface area contributed by atoms with Crippen LogP contribution >= 0.6 is 0 Å². The number of ether oxygens (including phenoxy) is 3. The normalized spacial score (nSPS) is 49.9. The van der Waals surface area contributed by atoms with Crippen LogP contribution in [0.4, 0.5) is 0 Å². The summed E-state index contributed by atoms with van der Waals surface area (Å²) in [5.74, 6) is 0.917. The number of fused-ring (bicyclic) bond motifs is 5. The first kappa shape index (κ1) is 30.3. The van der Waals surface area contributed by atoms with Crippen molar-refractivity contribution in [1.29, 1.82) is 0 Å². The molecule has 228 valence electrons. The van der Waals surface area contributed by atoms with E-state index in [-0.39, 0.29) is 69.3 Å². The van der Waals surface area contributed by atoms with Crippen molar-refractivity contribution in [3.05, 3.63) is 0 Å². The zero-order valence-corrected chi connectivity index (χ0v) is 26.9. The minimum Gasteiger partial charge on any atom is -0.462 e. The fraction of sp³-hybridized carbons (Fsp3) is 0.941. The summed E-state index contributed by atoms with van der Waals surface area (Å²) in [6, 6.07) is 0. The highest BCUT2D eigenvalue weighted by molar-refractivity contribution is 5.66. The molecule has 0 aromatic heterocycles. The first-order chi connectivity index (χ1) is 18.3. The Labute approximate surface area is 242 Å². The highest BCUT2D eigenvalue weighted by atomic mass is 16.6. The van der Waals surface area contributed by atoms with Gasteiger partial charge in [-0.05, 0) is 118 Å². The van der Waals surface area contributed by atoms with Crippen LogP contribution in [0.5, 0.6) is 0 Å². The average Bonchev–Trinajstić information content (AvgIpc) is 3.40. The molecule has 11 atom stereocenters. The van der Waals surface area contributed by atoms with E-state index < -0.39 is 5.60 Å². The minimum absolute atomic E-state index is 0.0285. The monoisotopic (exact) mass is 560 g/mol. The van der Waals surface area contributed by atoms with Gasteiger partial charge in [0.2, 0.25) is 0 Å². The summed E-state index contributed by atoms with van der Waals surface area (Å²) in [5, 5.41) is 12.1. The molecule has 5 rings (SSSR count). The van der Waals surface area contributed by atoms with Crippen LogP contribution in [0.3, 0.4) is 0 Å². The lowest BCUT2D eigenvalue weighted by Gasteiger charge is -2.70. The molecule has 5 fully saturated rings. The lowest BCUT2D eigenvalue weighted by atomic mass is 9.35. The molecule has 0 unspecified atom stereocenters. The molecule has 0 bridgehead atoms. The first-order valence-electron chi connectivity index (χ1n) is 16.0. The molecule has 4 aliphatic carbocycles. The van der Waals surface area contributed by atoms with Crippen LogP contribution in [0, 0.1) is 45.3 Å². The maximum absolute atomic E-state index is 12.1. The van der Waals surface area contributed by atoms with Crippen molar-refractivity contribution < 1.29 is 28.9 Å². The minimum atomic E-state index is -0.668. The van der Waals surface area contributed by atoms with Gasteiger partial charge in [0.15, 0.2) is 0 Å². The molecule has 40 heavy (non-hydrogen) atoms. The average molecular weight is 561 g/mol. The Bertz CT molecular complexity index is 1040. The van der Waals surface area contributed by atoms with E-state index in [2.05, 4.69) is 41.5 Å². The van der Waals surface area contributed by atoms with Gasteiger partial charge in [-0.2, -0.15) is 0 Å². The van der Waals surface area contributed by atoms with Gasteiger partial charge in [0.05, 0.1) is 17.8 Å². The molecule has 0 spiro atoms. The number of aliphatic hydroxyl groups is 1. The maximum atomic E-state index is 12.1. The molecule has 6 nitrogen and oxygen atoms in total. The largest absolute Gasteiger partial charge is 0.462 e. The highest BCUT2D eigenvalue weighted by Crippen LogP contribution is 2.76. The molecular formula is C34H56O6. The molecule has 1 heterocycles. The summed E-state index contributed by atoms with van der Waals surface area (Å²) in [6.07, 6.45) is 8.52. The Hall–Kier alpha value is -1.14. The van der Waals surface area contributed by atoms with Crippen LogP contribution in [0.15, 0.2) is 0 Å². The topological polar surface area (TPSA) is 82.1 Å². The third-order valence-electron chi connectivity index (χ3n) is 13.9. The van der Waals surface area contributed by atoms with E-state index in [9.17, 15) is 14.7 Å². The van der Waals surface area contributed by atoms with E-state index in [1.165, 1.54) is 13.8 Å². The van der Waals surface area contributed by atoms with Crippen LogP contribution in [0.2, 0.25) is 0 Å². The molecule has 0 aromatic rings. The summed E-state index contributed by atoms with van der Waals surface area (Å²) < 4.78 is 18.4. The van der Waals surface area contributed by atoms with Gasteiger partial charge in [0.1, 0.15) is 11.7 Å². The molecule has 5 aliphatic rings. The van der Waals surface area contributed by atoms with E-state index in [0.717, 1.165) is 57.8 Å². The number of rotatable bonds is 4. The van der Waals surface area contributed by atoms with E-state index >= 15 is 0 Å². The van der Waals surface area contributed by atoms with Gasteiger partial charge >= 0.3 is 11.9 Å². The number of aliphatic hydroxyl groups excluding tert-OH is 1. The predicted octanol–water partition coefficient (Wildman–Crippen LogP) is 6.85. The van der Waals surface area contributed by atoms with Crippen molar-refractivity contribution in [2.75, 3.05) is 0 Å². The van der Waals surface area contributed by atoms with E-state index in [0.29, 0.717) is 11.8 Å². The van der Waals surface area contributed by atoms with Crippen molar-refractivity contribution in [3.63, 3.8) is 0 Å². The van der Waals surface area contributed by atoms with E-state index in [1.54, 1.807) is 0 Å². The molecule has 6 heteroatoms. The first-order valence-corrected chi connectivity index (χ1v) is 16.0. The maximum Gasteiger partial charge on any atom is 0.303 e. The molecule has 4 saturated carbocycles. The second kappa shape index (κ2) is 9.43. The number of hydrogen-bond donors (Lipinski definition) is 1. The van der Waals surface area contributed by atoms with Crippen molar-refractivity contribution >= 4 is 11.9 Å². The van der Waals surface area contributed by atoms with Gasteiger partial charge in [-0.15, -0.1) is 0 Å². The summed E-state index contributed by atoms with van der Waals surface area (Å²) in [6.45, 7) is 21.3. The third-order valence-corrected chi connectivity index (χ3v) is 13.9. The highest BCUT2D eigenvalue weighted by Gasteiger charge is 2.72. The molecule has 1 saturated heterocycles. The zero-order chi connectivity index (χ0) is 29.7. The fourth-order valence-corrected chi connectivity index (χ4v) is 11.9. The number of carbonyl (C=O) groups excluding carboxylic acids is 2. The Balaban J connectivity index is 1.42. The standard InChI is InChI=1S/C34H56O6/c1-20(35)38-26-13-15-31(7)24(29(26,3)4)12-17-32(8)25(31)19-23(37)28-22(11-16-33(28,32)9)34(10)18-14-27(40-34)30(5,6)39-21(2)36/h22-28,37H,11-19H2,1-10H3/t22-,23+,24-,25+,26-,27-,28-,31-,32+,33+,34+/m0/s1. The SMILES string of the molecule is CC(=O)O[C@H]1CC[C@]2(C)[C@H]3C[C@@H](O)[C@@H]4[C@@H]([C@@]5(C)CC[C@@H](C(C)(C)OC(C)=O)O5)CC[C@@]4(C)[C@]3(C)CC[C@H]2C1(C)C. The van der Waals surface area contributed by atoms with Crippen molar-refractivity contribution in [3.8, 4) is 0 Å². The van der Waals surface area contributed by atoms with Crippen molar-refractivity contribution in [1.82, 2.24) is 0 Å². The van der Waals surface area contributed by atoms with Gasteiger partial charge in [0, 0.05) is 19.3 Å². The van der Waals surface area contributed by atoms with Crippen LogP contribution in [0.25, 0.3) is 0 Å². The van der Waals surface area contributed by atoms with Crippen molar-refractivity contribution in [2.24, 2.45) is 45.3 Å². The van der Waals surface area contributed by atoms with E-state index in [4.69, 9.17) is 14.2 Å². The van der Waals surface area contributed by atoms with Gasteiger partial charge in [0.25, 0.3) is 0 Å². The Morgan fingerprint density at radius 2 is 1.48 bits per heavy atom. The lowest BCUT2D eigenvalue weighted by Crippen LogP contribution is -2.66. The Morgan fingerprint density at radius 1 is 0.825 bits per heavy atom. The van der Waals surface area contributed by atoms with Gasteiger partial charge in [-0.3, -0.25) is 9.59 Å². The quantitative estimate of drug-likeness (QED) is 0.379. The van der Waals surface area contributed by atoms with Crippen molar-refractivity contribution in [2.45, 2.75) is 157 Å². The number of hydrogen-bond acceptors (Lipinski definition) is 6. The Kier molecular flexibility index (Phi) is 7.15. The second-order valence-corrected chi connectivity index (χ2v) is 16.6. The third kappa shape index (κ3) is 4.23. The Morgan fingerprint density at radius 3 is 2.10 bits per heavy atom. The molecule has 1 N–H and O–H groups in total. The summed E-state index contributed by atoms with van der Waals surface area (Å²) in [4.78, 5) is 23.7. The predicted molar refractivity (Wildman–Crippen MR) is 154 cm³/mol. The second-order valence-electron chi connectivity index (χ2n) is 16.6. The molecular weight excluding hydrogens is 504 g/mol. The summed E-state index contributed by atoms with van der Waals surface area (Å²) in [7, 11) is 0. The smallest absolute Gasteiger partial charge is 0.303 e. The van der Waals surface area contributed by atoms with Crippen LogP contribution < -0.4 is 0 Å². The van der Waals surface area contributed by atoms with Gasteiger partial charge < -0.3 is 19.3 Å². The fourth-order valence-electron chi connectivity index (χ4n) is 11.9. The molecule has 0 aromatic carbocycles. The van der Waals surface area contributed by atoms with Crippen LogP contribution in [0.1, 0.15) is 127 Å². The zero-order valence-electron chi connectivity index (χ0n) is 26.9. The molecule has 1 aliphatic heterocycles. The number of carbonyl (C=O) groups is 2. The van der Waals surface area contributed by atoms with Crippen LogP contribution in [-0.2, 0) is 23.8 Å².